The molecule has 0 saturated heterocycles. The summed E-state index contributed by atoms with van der Waals surface area (Å²) < 4.78 is 17.5. The van der Waals surface area contributed by atoms with Crippen LogP contribution in [0.25, 0.3) is 0 Å². The van der Waals surface area contributed by atoms with Gasteiger partial charge in [-0.2, -0.15) is 0 Å². The number of anilines is 1. The molecule has 1 saturated carbocycles. The zero-order chi connectivity index (χ0) is 32.6. The van der Waals surface area contributed by atoms with Gasteiger partial charge in [0.15, 0.2) is 5.60 Å². The second kappa shape index (κ2) is 12.9. The van der Waals surface area contributed by atoms with E-state index in [1.54, 1.807) is 25.2 Å². The summed E-state index contributed by atoms with van der Waals surface area (Å²) in [5, 5.41) is 12.6. The Bertz CT molecular complexity index is 1540. The van der Waals surface area contributed by atoms with Crippen molar-refractivity contribution in [2.24, 2.45) is 11.8 Å². The van der Waals surface area contributed by atoms with Crippen molar-refractivity contribution in [2.45, 2.75) is 69.0 Å². The number of hydrogen-bond donors (Lipinski definition) is 1. The number of amides is 1. The number of rotatable bonds is 2. The van der Waals surface area contributed by atoms with Crippen LogP contribution in [0.3, 0.4) is 0 Å². The summed E-state index contributed by atoms with van der Waals surface area (Å²) in [6.45, 7) is 3.58. The lowest BCUT2D eigenvalue weighted by Crippen LogP contribution is -2.50. The topological polar surface area (TPSA) is 106 Å². The predicted molar refractivity (Wildman–Crippen MR) is 174 cm³/mol. The lowest BCUT2D eigenvalue weighted by Gasteiger charge is -2.46. The fraction of sp³-hybridized carbons (Fsp3) is 0.528. The molecule has 1 amide bonds. The Kier molecular flexibility index (Phi) is 9.09. The summed E-state index contributed by atoms with van der Waals surface area (Å²) in [7, 11) is 2.85. The minimum Gasteiger partial charge on any atom is -0.490 e. The molecule has 2 heterocycles. The van der Waals surface area contributed by atoms with Crippen LogP contribution in [0.4, 0.5) is 5.69 Å². The standard InChI is InChI=1S/C36H43ClN2O7/c1-23(40)46-31-8-4-5-16-38(2)33(41)19-36(43,34(42)44-3)26-10-14-32-30(18-26)39(20-25-9-12-28(25)31)21-35(22-45-32)15-6-7-24-17-27(37)11-13-29(24)35/h4,8,10-11,13-14,17-18,25,28,31,43H,5-7,9,12,15-16,19-22H2,1-3H3/b8-4-/t25-,28+,31-,35-,36+/m0/s1. The minimum absolute atomic E-state index is 0.128. The Hall–Kier alpha value is -3.56. The van der Waals surface area contributed by atoms with Crippen LogP contribution < -0.4 is 9.64 Å². The molecule has 46 heavy (non-hydrogen) atoms. The zero-order valence-corrected chi connectivity index (χ0v) is 27.6. The lowest BCUT2D eigenvalue weighted by molar-refractivity contribution is -0.168. The molecule has 246 valence electrons. The van der Waals surface area contributed by atoms with Gasteiger partial charge in [-0.25, -0.2) is 4.79 Å². The molecule has 10 heteroatoms. The molecule has 2 aliphatic heterocycles. The van der Waals surface area contributed by atoms with Gasteiger partial charge in [-0.05, 0) is 91.5 Å². The number of fused-ring (bicyclic) bond motifs is 4. The predicted octanol–water partition coefficient (Wildman–Crippen LogP) is 4.94. The van der Waals surface area contributed by atoms with Gasteiger partial charge in [0.05, 0.1) is 25.8 Å². The highest BCUT2D eigenvalue weighted by molar-refractivity contribution is 6.30. The SMILES string of the molecule is COC(=O)[C@@]1(O)CC(=O)N(C)CC/C=C\[C@H](OC(C)=O)[C@@H]2CC[C@H]2CN2C[C@@]3(CCCc4cc(Cl)ccc43)COc3ccc1cc32. The first-order valence-corrected chi connectivity index (χ1v) is 16.6. The molecule has 0 aromatic heterocycles. The molecular formula is C36H43ClN2O7. The van der Waals surface area contributed by atoms with Crippen molar-refractivity contribution in [2.75, 3.05) is 45.3 Å². The van der Waals surface area contributed by atoms with Gasteiger partial charge in [0, 0.05) is 50.0 Å². The first kappa shape index (κ1) is 32.4. The second-order valence-corrected chi connectivity index (χ2v) is 13.9. The van der Waals surface area contributed by atoms with E-state index in [-0.39, 0.29) is 34.9 Å². The number of benzene rings is 2. The number of nitrogens with zero attached hydrogens (tertiary/aromatic N) is 2. The number of methoxy groups -OCH3 is 1. The molecule has 2 aliphatic carbocycles. The third-order valence-electron chi connectivity index (χ3n) is 10.5. The van der Waals surface area contributed by atoms with Gasteiger partial charge in [0.25, 0.3) is 0 Å². The zero-order valence-electron chi connectivity index (χ0n) is 26.8. The van der Waals surface area contributed by atoms with E-state index in [4.69, 9.17) is 25.8 Å². The molecular weight excluding hydrogens is 608 g/mol. The van der Waals surface area contributed by atoms with E-state index in [2.05, 4.69) is 17.0 Å². The van der Waals surface area contributed by atoms with Crippen LogP contribution in [0.5, 0.6) is 5.75 Å². The van der Waals surface area contributed by atoms with Crippen LogP contribution in [-0.2, 0) is 41.3 Å². The quantitative estimate of drug-likeness (QED) is 0.360. The van der Waals surface area contributed by atoms with Crippen molar-refractivity contribution in [1.82, 2.24) is 4.90 Å². The lowest BCUT2D eigenvalue weighted by atomic mass is 9.68. The molecule has 5 atom stereocenters. The summed E-state index contributed by atoms with van der Waals surface area (Å²) in [5.41, 5.74) is 0.975. The maximum atomic E-state index is 13.4. The summed E-state index contributed by atoms with van der Waals surface area (Å²) in [6.07, 6.45) is 8.37. The molecule has 0 radical (unpaired) electrons. The van der Waals surface area contributed by atoms with Crippen molar-refractivity contribution in [3.05, 3.63) is 70.3 Å². The molecule has 0 unspecified atom stereocenters. The summed E-state index contributed by atoms with van der Waals surface area (Å²) in [5.74, 6) is -0.615. The van der Waals surface area contributed by atoms with Gasteiger partial charge in [-0.3, -0.25) is 9.59 Å². The van der Waals surface area contributed by atoms with Gasteiger partial charge in [0.1, 0.15) is 11.9 Å². The Balaban J connectivity index is 1.47. The number of hydrogen-bond acceptors (Lipinski definition) is 8. The number of carbonyl (C=O) groups is 3. The smallest absolute Gasteiger partial charge is 0.343 e. The van der Waals surface area contributed by atoms with Gasteiger partial charge >= 0.3 is 11.9 Å². The molecule has 4 aliphatic rings. The van der Waals surface area contributed by atoms with Crippen LogP contribution in [0, 0.1) is 11.8 Å². The number of aryl methyl sites for hydroxylation is 1. The maximum absolute atomic E-state index is 13.4. The summed E-state index contributed by atoms with van der Waals surface area (Å²) in [4.78, 5) is 42.5. The Morgan fingerprint density at radius 1 is 1.15 bits per heavy atom. The highest BCUT2D eigenvalue weighted by atomic mass is 35.5. The number of ether oxygens (including phenoxy) is 3. The number of aliphatic hydroxyl groups is 1. The molecule has 1 fully saturated rings. The Morgan fingerprint density at radius 2 is 1.98 bits per heavy atom. The average molecular weight is 651 g/mol. The third kappa shape index (κ3) is 6.11. The highest BCUT2D eigenvalue weighted by Crippen LogP contribution is 2.48. The van der Waals surface area contributed by atoms with Crippen LogP contribution in [0.15, 0.2) is 48.6 Å². The monoisotopic (exact) mass is 650 g/mol. The summed E-state index contributed by atoms with van der Waals surface area (Å²) in [6, 6.07) is 11.4. The normalized spacial score (nSPS) is 30.2. The molecule has 1 N–H and O–H groups in total. The van der Waals surface area contributed by atoms with Crippen molar-refractivity contribution in [3.63, 3.8) is 0 Å². The molecule has 2 aromatic rings. The van der Waals surface area contributed by atoms with Crippen molar-refractivity contribution in [1.29, 1.82) is 0 Å². The van der Waals surface area contributed by atoms with Crippen molar-refractivity contribution >= 4 is 35.1 Å². The van der Waals surface area contributed by atoms with Crippen LogP contribution in [0.2, 0.25) is 5.02 Å². The van der Waals surface area contributed by atoms with Gasteiger partial charge in [-0.1, -0.05) is 29.8 Å². The van der Waals surface area contributed by atoms with Crippen molar-refractivity contribution in [3.8, 4) is 5.75 Å². The molecule has 6 rings (SSSR count). The number of carbonyl (C=O) groups excluding carboxylic acids is 3. The second-order valence-electron chi connectivity index (χ2n) is 13.4. The van der Waals surface area contributed by atoms with Crippen molar-refractivity contribution < 1.29 is 33.7 Å². The van der Waals surface area contributed by atoms with Gasteiger partial charge in [0.2, 0.25) is 5.91 Å². The van der Waals surface area contributed by atoms with E-state index >= 15 is 0 Å². The van der Waals surface area contributed by atoms with Gasteiger partial charge < -0.3 is 29.1 Å². The minimum atomic E-state index is -2.19. The fourth-order valence-corrected chi connectivity index (χ4v) is 8.00. The largest absolute Gasteiger partial charge is 0.490 e. The highest BCUT2D eigenvalue weighted by Gasteiger charge is 2.47. The van der Waals surface area contributed by atoms with Gasteiger partial charge in [-0.15, -0.1) is 0 Å². The Morgan fingerprint density at radius 3 is 2.72 bits per heavy atom. The van der Waals surface area contributed by atoms with E-state index in [1.165, 1.54) is 30.1 Å². The van der Waals surface area contributed by atoms with Crippen LogP contribution in [0.1, 0.15) is 62.1 Å². The maximum Gasteiger partial charge on any atom is 0.343 e. The van der Waals surface area contributed by atoms with Crippen LogP contribution >= 0.6 is 11.6 Å². The molecule has 2 bridgehead atoms. The third-order valence-corrected chi connectivity index (χ3v) is 10.7. The number of halogens is 1. The number of esters is 2. The molecule has 2 aromatic carbocycles. The van der Waals surface area contributed by atoms with E-state index in [1.807, 2.05) is 18.2 Å². The van der Waals surface area contributed by atoms with E-state index in [0.717, 1.165) is 37.8 Å². The first-order chi connectivity index (χ1) is 22.0. The van der Waals surface area contributed by atoms with Crippen LogP contribution in [-0.4, -0.2) is 74.4 Å². The van der Waals surface area contributed by atoms with E-state index in [0.29, 0.717) is 43.4 Å². The summed E-state index contributed by atoms with van der Waals surface area (Å²) >= 11 is 6.43. The molecule has 9 nitrogen and oxygen atoms in total. The molecule has 1 spiro atoms. The average Bonchev–Trinajstić information content (AvgIpc) is 3.16. The fourth-order valence-electron chi connectivity index (χ4n) is 7.81. The van der Waals surface area contributed by atoms with E-state index < -0.39 is 23.9 Å². The van der Waals surface area contributed by atoms with E-state index in [9.17, 15) is 19.5 Å². The Labute approximate surface area is 275 Å². The first-order valence-electron chi connectivity index (χ1n) is 16.2.